The molecule has 3 N–H and O–H groups in total. The third-order valence-corrected chi connectivity index (χ3v) is 3.25. The lowest BCUT2D eigenvalue weighted by Crippen LogP contribution is -2.03. The molecule has 0 spiro atoms. The fourth-order valence-electron chi connectivity index (χ4n) is 1.34. The third kappa shape index (κ3) is 1.89. The van der Waals surface area contributed by atoms with Gasteiger partial charge in [-0.1, -0.05) is 5.16 Å². The molecule has 1 atom stereocenters. The Kier molecular flexibility index (Phi) is 2.61. The molecule has 1 unspecified atom stereocenters. The molecule has 0 aliphatic rings. The molecule has 0 radical (unpaired) electrons. The van der Waals surface area contributed by atoms with Gasteiger partial charge in [0.25, 0.3) is 5.89 Å². The molecule has 18 heavy (non-hydrogen) atoms. The molecule has 8 nitrogen and oxygen atoms in total. The van der Waals surface area contributed by atoms with E-state index in [0.717, 1.165) is 5.01 Å². The van der Waals surface area contributed by atoms with Crippen LogP contribution < -0.4 is 5.73 Å². The second kappa shape index (κ2) is 4.27. The monoisotopic (exact) mass is 263 g/mol. The largest absolute Gasteiger partial charge is 0.332 e. The van der Waals surface area contributed by atoms with Crippen molar-refractivity contribution in [1.29, 1.82) is 0 Å². The number of aromatic amines is 1. The van der Waals surface area contributed by atoms with Crippen molar-refractivity contribution in [3.63, 3.8) is 0 Å². The fourth-order valence-corrected chi connectivity index (χ4v) is 2.09. The van der Waals surface area contributed by atoms with Gasteiger partial charge < -0.3 is 10.3 Å². The van der Waals surface area contributed by atoms with Crippen LogP contribution in [-0.4, -0.2) is 30.5 Å². The molecule has 0 amide bonds. The number of rotatable bonds is 3. The molecule has 0 saturated carbocycles. The average Bonchev–Trinajstić information content (AvgIpc) is 3.10. The lowest BCUT2D eigenvalue weighted by atomic mass is 10.4. The molecule has 9 heteroatoms. The lowest BCUT2D eigenvalue weighted by molar-refractivity contribution is 0.431. The van der Waals surface area contributed by atoms with Gasteiger partial charge in [0.2, 0.25) is 5.82 Å². The van der Waals surface area contributed by atoms with Crippen LogP contribution in [0.2, 0.25) is 0 Å². The highest BCUT2D eigenvalue weighted by atomic mass is 32.1. The van der Waals surface area contributed by atoms with Crippen LogP contribution in [0.1, 0.15) is 18.0 Å². The first-order valence-electron chi connectivity index (χ1n) is 5.15. The van der Waals surface area contributed by atoms with Crippen LogP contribution in [0.15, 0.2) is 16.1 Å². The Morgan fingerprint density at radius 3 is 2.94 bits per heavy atom. The number of thiazole rings is 1. The number of nitrogens with one attached hydrogen (secondary N) is 1. The van der Waals surface area contributed by atoms with E-state index in [9.17, 15) is 0 Å². The number of nitrogens with zero attached hydrogens (tertiary/aromatic N) is 5. The van der Waals surface area contributed by atoms with Gasteiger partial charge in [-0.2, -0.15) is 20.4 Å². The Hall–Kier alpha value is -2.13. The highest BCUT2D eigenvalue weighted by Gasteiger charge is 2.16. The van der Waals surface area contributed by atoms with Crippen molar-refractivity contribution in [2.75, 3.05) is 0 Å². The van der Waals surface area contributed by atoms with Crippen LogP contribution in [0.4, 0.5) is 0 Å². The van der Waals surface area contributed by atoms with Gasteiger partial charge in [-0.25, -0.2) is 4.98 Å². The van der Waals surface area contributed by atoms with E-state index >= 15 is 0 Å². The van der Waals surface area contributed by atoms with Crippen molar-refractivity contribution in [3.05, 3.63) is 16.6 Å². The summed E-state index contributed by atoms with van der Waals surface area (Å²) in [5, 5.41) is 16.5. The zero-order valence-electron chi connectivity index (χ0n) is 9.36. The molecule has 0 saturated heterocycles. The van der Waals surface area contributed by atoms with Gasteiger partial charge >= 0.3 is 0 Å². The van der Waals surface area contributed by atoms with Gasteiger partial charge in [-0.3, -0.25) is 0 Å². The van der Waals surface area contributed by atoms with E-state index in [1.165, 1.54) is 17.5 Å². The predicted octanol–water partition coefficient (Wildman–Crippen LogP) is 0.998. The molecule has 0 bridgehead atoms. The van der Waals surface area contributed by atoms with Crippen LogP contribution in [0.5, 0.6) is 0 Å². The smallest absolute Gasteiger partial charge is 0.277 e. The molecule has 3 rings (SSSR count). The van der Waals surface area contributed by atoms with E-state index in [2.05, 4.69) is 30.5 Å². The van der Waals surface area contributed by atoms with Crippen LogP contribution >= 0.6 is 11.3 Å². The van der Waals surface area contributed by atoms with E-state index in [0.29, 0.717) is 23.1 Å². The summed E-state index contributed by atoms with van der Waals surface area (Å²) < 4.78 is 5.13. The van der Waals surface area contributed by atoms with Gasteiger partial charge in [0.1, 0.15) is 10.7 Å². The van der Waals surface area contributed by atoms with Gasteiger partial charge in [0.05, 0.1) is 12.2 Å². The highest BCUT2D eigenvalue weighted by Crippen LogP contribution is 2.24. The highest BCUT2D eigenvalue weighted by molar-refractivity contribution is 7.10. The fraction of sp³-hybridized carbons (Fsp3) is 0.222. The number of hydrogen-bond acceptors (Lipinski definition) is 8. The third-order valence-electron chi connectivity index (χ3n) is 2.20. The van der Waals surface area contributed by atoms with Crippen molar-refractivity contribution >= 4 is 11.3 Å². The van der Waals surface area contributed by atoms with Crippen molar-refractivity contribution < 1.29 is 4.52 Å². The summed E-state index contributed by atoms with van der Waals surface area (Å²) in [5.74, 6) is 0.713. The lowest BCUT2D eigenvalue weighted by Gasteiger charge is -1.95. The second-order valence-electron chi connectivity index (χ2n) is 3.64. The summed E-state index contributed by atoms with van der Waals surface area (Å²) in [5.41, 5.74) is 6.89. The normalized spacial score (nSPS) is 12.8. The summed E-state index contributed by atoms with van der Waals surface area (Å²) >= 11 is 1.46. The van der Waals surface area contributed by atoms with E-state index in [1.54, 1.807) is 0 Å². The van der Waals surface area contributed by atoms with Crippen molar-refractivity contribution in [3.8, 4) is 23.1 Å². The molecule has 92 valence electrons. The van der Waals surface area contributed by atoms with Gasteiger partial charge in [-0.05, 0) is 6.92 Å². The Morgan fingerprint density at radius 2 is 2.28 bits per heavy atom. The summed E-state index contributed by atoms with van der Waals surface area (Å²) in [6.07, 6.45) is 1.52. The van der Waals surface area contributed by atoms with Crippen molar-refractivity contribution in [2.45, 2.75) is 13.0 Å². The number of H-pyrrole nitrogens is 1. The van der Waals surface area contributed by atoms with Gasteiger partial charge in [0.15, 0.2) is 5.69 Å². The van der Waals surface area contributed by atoms with Crippen LogP contribution in [0, 0.1) is 0 Å². The minimum Gasteiger partial charge on any atom is -0.332 e. The summed E-state index contributed by atoms with van der Waals surface area (Å²) in [4.78, 5) is 8.53. The molecule has 3 aromatic heterocycles. The van der Waals surface area contributed by atoms with Crippen molar-refractivity contribution in [2.24, 2.45) is 5.73 Å². The maximum atomic E-state index is 5.75. The molecular weight excluding hydrogens is 254 g/mol. The molecule has 3 aromatic rings. The molecule has 3 heterocycles. The Balaban J connectivity index is 1.93. The number of nitrogens with two attached hydrogens (primary N) is 1. The van der Waals surface area contributed by atoms with Gasteiger partial charge in [-0.15, -0.1) is 11.3 Å². The van der Waals surface area contributed by atoms with Crippen LogP contribution in [-0.2, 0) is 0 Å². The van der Waals surface area contributed by atoms with E-state index in [4.69, 9.17) is 10.3 Å². The molecular formula is C9H9N7OS. The first-order chi connectivity index (χ1) is 8.74. The zero-order chi connectivity index (χ0) is 12.5. The first kappa shape index (κ1) is 11.0. The maximum Gasteiger partial charge on any atom is 0.277 e. The summed E-state index contributed by atoms with van der Waals surface area (Å²) in [7, 11) is 0. The molecule has 0 fully saturated rings. The summed E-state index contributed by atoms with van der Waals surface area (Å²) in [6.45, 7) is 1.87. The van der Waals surface area contributed by atoms with E-state index < -0.39 is 0 Å². The van der Waals surface area contributed by atoms with Crippen LogP contribution in [0.3, 0.4) is 0 Å². The molecule has 0 aromatic carbocycles. The SMILES string of the molecule is CC(N)c1nc(-c2nc(-c3cn[nH]n3)no2)cs1. The molecule has 0 aliphatic carbocycles. The van der Waals surface area contributed by atoms with Crippen molar-refractivity contribution in [1.82, 2.24) is 30.5 Å². The zero-order valence-corrected chi connectivity index (χ0v) is 10.2. The van der Waals surface area contributed by atoms with Crippen LogP contribution in [0.25, 0.3) is 23.1 Å². The Morgan fingerprint density at radius 1 is 1.39 bits per heavy atom. The average molecular weight is 263 g/mol. The Bertz CT molecular complexity index is 641. The minimum atomic E-state index is -0.110. The minimum absolute atomic E-state index is 0.110. The van der Waals surface area contributed by atoms with E-state index in [1.807, 2.05) is 12.3 Å². The number of aromatic nitrogens is 6. The molecule has 0 aliphatic heterocycles. The first-order valence-corrected chi connectivity index (χ1v) is 6.03. The second-order valence-corrected chi connectivity index (χ2v) is 4.53. The topological polar surface area (TPSA) is 119 Å². The number of hydrogen-bond donors (Lipinski definition) is 2. The maximum absolute atomic E-state index is 5.75. The standard InChI is InChI=1S/C9H9N7OS/c1-4(10)9-12-6(3-18-9)8-13-7(15-17-8)5-2-11-16-14-5/h2-4H,10H2,1H3,(H,11,14,16). The quantitative estimate of drug-likeness (QED) is 0.723. The van der Waals surface area contributed by atoms with Gasteiger partial charge in [0, 0.05) is 5.38 Å². The van der Waals surface area contributed by atoms with E-state index in [-0.39, 0.29) is 6.04 Å². The summed E-state index contributed by atoms with van der Waals surface area (Å²) in [6, 6.07) is -0.110. The Labute approximate surface area is 105 Å². The predicted molar refractivity (Wildman–Crippen MR) is 63.4 cm³/mol.